The first-order valence-corrected chi connectivity index (χ1v) is 25.7. The van der Waals surface area contributed by atoms with Gasteiger partial charge in [-0.15, -0.1) is 0 Å². The van der Waals surface area contributed by atoms with Crippen LogP contribution >= 0.6 is 0 Å². The van der Waals surface area contributed by atoms with Crippen LogP contribution in [-0.2, 0) is 19.1 Å². The summed E-state index contributed by atoms with van der Waals surface area (Å²) in [4.78, 5) is 86.3. The van der Waals surface area contributed by atoms with Gasteiger partial charge in [-0.05, 0) is 167 Å². The van der Waals surface area contributed by atoms with Gasteiger partial charge in [-0.25, -0.2) is 9.59 Å². The molecule has 4 aliphatic rings. The van der Waals surface area contributed by atoms with Crippen molar-refractivity contribution in [1.29, 1.82) is 0 Å². The number of carbonyl (C=O) groups is 4. The molecule has 4 N–H and O–H groups in total. The van der Waals surface area contributed by atoms with Gasteiger partial charge >= 0.3 is 11.9 Å². The molecule has 4 saturated heterocycles. The van der Waals surface area contributed by atoms with Crippen LogP contribution in [-0.4, -0.2) is 132 Å². The van der Waals surface area contributed by atoms with Crippen molar-refractivity contribution >= 4 is 45.6 Å². The van der Waals surface area contributed by atoms with Gasteiger partial charge in [-0.1, -0.05) is 24.3 Å². The summed E-state index contributed by atoms with van der Waals surface area (Å²) in [5.74, 6) is -2.17. The standard InChI is InChI=1S/C54H74N8O8/c1-35(2)61-45-11-7-9-37(5)41(45)29-43(49(61)65)47(63)57-31-39-13-25-59(26-14-39)33-53(17-21-55-22-18-53)69-51(67)52(68)70-54(19-23-56-24-20-54)34-60-27-15-40(16-28-60)32-58-48(64)44-30-42-38(6)10-8-12-46(42)62(36(3)4)50(44)66/h7-12,29-30,35-36,39-40,55-56H,13-28,31-34H2,1-6H3,(H,57,63)(H,58,64). The average molecular weight is 963 g/mol. The number of piperidine rings is 4. The molecule has 2 aromatic heterocycles. The number of pyridine rings is 2. The first-order valence-electron chi connectivity index (χ1n) is 25.7. The van der Waals surface area contributed by atoms with Crippen LogP contribution in [0.25, 0.3) is 21.8 Å². The van der Waals surface area contributed by atoms with Crippen molar-refractivity contribution in [3.05, 3.63) is 91.5 Å². The third-order valence-electron chi connectivity index (χ3n) is 15.5. The molecular formula is C54H74N8O8. The van der Waals surface area contributed by atoms with Gasteiger partial charge < -0.3 is 39.9 Å². The molecule has 0 radical (unpaired) electrons. The summed E-state index contributed by atoms with van der Waals surface area (Å²) in [6, 6.07) is 14.9. The lowest BCUT2D eigenvalue weighted by Gasteiger charge is -2.44. The number of esters is 2. The Morgan fingerprint density at radius 3 is 1.30 bits per heavy atom. The van der Waals surface area contributed by atoms with Crippen LogP contribution in [0, 0.1) is 25.7 Å². The van der Waals surface area contributed by atoms with Gasteiger partial charge in [-0.2, -0.15) is 0 Å². The molecule has 0 bridgehead atoms. The summed E-state index contributed by atoms with van der Waals surface area (Å²) in [5.41, 5.74) is 1.70. The zero-order valence-electron chi connectivity index (χ0n) is 42.1. The van der Waals surface area contributed by atoms with Crippen molar-refractivity contribution in [3.8, 4) is 0 Å². The lowest BCUT2D eigenvalue weighted by atomic mass is 9.89. The molecule has 4 aromatic rings. The van der Waals surface area contributed by atoms with Gasteiger partial charge in [0.25, 0.3) is 22.9 Å². The highest BCUT2D eigenvalue weighted by molar-refractivity contribution is 6.30. The van der Waals surface area contributed by atoms with Crippen molar-refractivity contribution in [1.82, 2.24) is 40.2 Å². The number of nitrogens with one attached hydrogen (secondary N) is 4. The monoisotopic (exact) mass is 963 g/mol. The van der Waals surface area contributed by atoms with Gasteiger partial charge in [-0.3, -0.25) is 29.0 Å². The minimum atomic E-state index is -0.950. The highest BCUT2D eigenvalue weighted by atomic mass is 16.6. The number of benzene rings is 2. The number of aromatic nitrogens is 2. The molecule has 2 aromatic carbocycles. The maximum atomic E-state index is 13.8. The Morgan fingerprint density at radius 2 is 0.957 bits per heavy atom. The fraction of sp³-hybridized carbons (Fsp3) is 0.593. The molecule has 70 heavy (non-hydrogen) atoms. The molecule has 4 fully saturated rings. The highest BCUT2D eigenvalue weighted by Crippen LogP contribution is 2.31. The van der Waals surface area contributed by atoms with Crippen LogP contribution in [0.4, 0.5) is 0 Å². The van der Waals surface area contributed by atoms with Gasteiger partial charge in [0.05, 0.1) is 11.0 Å². The van der Waals surface area contributed by atoms with E-state index in [0.29, 0.717) is 78.0 Å². The zero-order chi connectivity index (χ0) is 49.7. The minimum absolute atomic E-state index is 0.106. The number of ether oxygens (including phenoxy) is 2. The number of rotatable bonds is 14. The summed E-state index contributed by atoms with van der Waals surface area (Å²) in [6.45, 7) is 19.3. The summed E-state index contributed by atoms with van der Waals surface area (Å²) < 4.78 is 15.9. The molecule has 0 unspecified atom stereocenters. The Labute approximate surface area is 411 Å². The predicted octanol–water partition coefficient (Wildman–Crippen LogP) is 5.01. The quantitative estimate of drug-likeness (QED) is 0.0981. The van der Waals surface area contributed by atoms with Gasteiger partial charge in [0, 0.05) is 74.7 Å². The fourth-order valence-electron chi connectivity index (χ4n) is 11.4. The molecular weight excluding hydrogens is 889 g/mol. The van der Waals surface area contributed by atoms with Gasteiger partial charge in [0.15, 0.2) is 0 Å². The Morgan fingerprint density at radius 1 is 0.600 bits per heavy atom. The van der Waals surface area contributed by atoms with E-state index in [9.17, 15) is 28.8 Å². The molecule has 0 spiro atoms. The minimum Gasteiger partial charge on any atom is -0.449 e. The lowest BCUT2D eigenvalue weighted by Crippen LogP contribution is -2.56. The molecule has 4 aliphatic heterocycles. The van der Waals surface area contributed by atoms with Crippen molar-refractivity contribution in [3.63, 3.8) is 0 Å². The van der Waals surface area contributed by atoms with E-state index >= 15 is 0 Å². The normalized spacial score (nSPS) is 19.4. The summed E-state index contributed by atoms with van der Waals surface area (Å²) in [6.07, 6.45) is 5.59. The second kappa shape index (κ2) is 21.9. The predicted molar refractivity (Wildman–Crippen MR) is 272 cm³/mol. The van der Waals surface area contributed by atoms with Crippen LogP contribution in [0.5, 0.6) is 0 Å². The van der Waals surface area contributed by atoms with E-state index in [-0.39, 0.29) is 58.0 Å². The Balaban J connectivity index is 0.821. The third-order valence-corrected chi connectivity index (χ3v) is 15.5. The van der Waals surface area contributed by atoms with E-state index in [1.807, 2.05) is 77.9 Å². The summed E-state index contributed by atoms with van der Waals surface area (Å²) in [7, 11) is 0. The first-order chi connectivity index (χ1) is 33.6. The average Bonchev–Trinajstić information content (AvgIpc) is 3.33. The van der Waals surface area contributed by atoms with Gasteiger partial charge in [0.2, 0.25) is 0 Å². The molecule has 6 heterocycles. The van der Waals surface area contributed by atoms with Crippen LogP contribution in [0.3, 0.4) is 0 Å². The van der Waals surface area contributed by atoms with E-state index in [4.69, 9.17) is 9.47 Å². The maximum absolute atomic E-state index is 13.8. The Hall–Kier alpha value is -5.42. The number of aryl methyl sites for hydroxylation is 2. The van der Waals surface area contributed by atoms with Crippen molar-refractivity contribution in [2.45, 2.75) is 116 Å². The number of carbonyl (C=O) groups excluding carboxylic acids is 4. The SMILES string of the molecule is Cc1cccc2c1cc(C(=O)NCC1CCN(CC3(OC(=O)C(=O)OC4(CN5CCC(CNC(=O)c6cc7c(C)cccc7n(C(C)C)c6=O)CC5)CCNCC4)CCNCC3)CC1)c(=O)n2C(C)C. The van der Waals surface area contributed by atoms with Crippen LogP contribution in [0.1, 0.15) is 123 Å². The Kier molecular flexibility index (Phi) is 16.0. The molecule has 16 nitrogen and oxygen atoms in total. The maximum Gasteiger partial charge on any atom is 0.418 e. The largest absolute Gasteiger partial charge is 0.449 e. The van der Waals surface area contributed by atoms with E-state index in [1.54, 1.807) is 21.3 Å². The summed E-state index contributed by atoms with van der Waals surface area (Å²) in [5, 5.41) is 14.7. The smallest absolute Gasteiger partial charge is 0.418 e. The van der Waals surface area contributed by atoms with Crippen molar-refractivity contribution in [2.24, 2.45) is 11.8 Å². The van der Waals surface area contributed by atoms with Crippen molar-refractivity contribution < 1.29 is 28.7 Å². The lowest BCUT2D eigenvalue weighted by molar-refractivity contribution is -0.192. The van der Waals surface area contributed by atoms with Crippen LogP contribution < -0.4 is 32.4 Å². The Bertz CT molecular complexity index is 2500. The first kappa shape index (κ1) is 51.0. The zero-order valence-corrected chi connectivity index (χ0v) is 42.1. The van der Waals surface area contributed by atoms with E-state index < -0.39 is 23.1 Å². The van der Waals surface area contributed by atoms with Crippen LogP contribution in [0.2, 0.25) is 0 Å². The molecule has 0 saturated carbocycles. The molecule has 0 aliphatic carbocycles. The highest BCUT2D eigenvalue weighted by Gasteiger charge is 2.44. The second-order valence-electron chi connectivity index (χ2n) is 21.2. The molecule has 378 valence electrons. The molecule has 16 heteroatoms. The van der Waals surface area contributed by atoms with Gasteiger partial charge in [0.1, 0.15) is 22.3 Å². The molecule has 2 amide bonds. The molecule has 0 atom stereocenters. The number of amides is 2. The van der Waals surface area contributed by atoms with E-state index in [2.05, 4.69) is 31.1 Å². The number of hydrogen-bond acceptors (Lipinski definition) is 12. The van der Waals surface area contributed by atoms with E-state index in [1.165, 1.54) is 0 Å². The van der Waals surface area contributed by atoms with E-state index in [0.717, 1.165) is 84.8 Å². The van der Waals surface area contributed by atoms with Crippen molar-refractivity contribution in [2.75, 3.05) is 78.5 Å². The second-order valence-corrected chi connectivity index (χ2v) is 21.2. The molecule has 8 rings (SSSR count). The number of likely N-dealkylation sites (tertiary alicyclic amines) is 2. The number of nitrogens with zero attached hydrogens (tertiary/aromatic N) is 4. The fourth-order valence-corrected chi connectivity index (χ4v) is 11.4. The topological polar surface area (TPSA) is 185 Å². The summed E-state index contributed by atoms with van der Waals surface area (Å²) >= 11 is 0. The third kappa shape index (κ3) is 11.4. The van der Waals surface area contributed by atoms with Crippen LogP contribution in [0.15, 0.2) is 58.1 Å². The number of fused-ring (bicyclic) bond motifs is 2. The number of hydrogen-bond donors (Lipinski definition) is 4.